The number of carbonyl (C=O) groups excluding carboxylic acids is 4. The highest BCUT2D eigenvalue weighted by Gasteiger charge is 2.57. The molecule has 12 atom stereocenters. The molecular weight excluding hydrogens is 2030 g/mol. The molecule has 0 aromatic heterocycles. The number of amides is 1. The fraction of sp³-hybridized carbons (Fsp3) is 0.653. The molecule has 7 rings (SSSR count). The molecule has 0 bridgehead atoms. The molecule has 1 aliphatic heterocycles. The van der Waals surface area contributed by atoms with Crippen molar-refractivity contribution in [3.05, 3.63) is 199 Å². The molecule has 50 heteroatoms. The van der Waals surface area contributed by atoms with Crippen LogP contribution in [-0.4, -0.2) is 231 Å². The van der Waals surface area contributed by atoms with Gasteiger partial charge < -0.3 is 69.4 Å². The van der Waals surface area contributed by atoms with Crippen LogP contribution in [0.1, 0.15) is 295 Å². The number of alkyl halides is 18. The van der Waals surface area contributed by atoms with Gasteiger partial charge in [0.1, 0.15) is 44.6 Å². The van der Waals surface area contributed by atoms with E-state index in [1.807, 2.05) is 48.5 Å². The van der Waals surface area contributed by atoms with Crippen LogP contribution >= 0.6 is 0 Å². The van der Waals surface area contributed by atoms with Gasteiger partial charge in [-0.1, -0.05) is 282 Å². The van der Waals surface area contributed by atoms with Crippen LogP contribution in [0.3, 0.4) is 0 Å². The number of nitrogens with one attached hydrogen (secondary N) is 1. The van der Waals surface area contributed by atoms with Crippen molar-refractivity contribution in [1.82, 2.24) is 5.32 Å². The molecule has 1 saturated heterocycles. The number of benzene rings is 5. The number of aliphatic hydroxyl groups is 4. The van der Waals surface area contributed by atoms with Gasteiger partial charge in [0.2, 0.25) is 6.10 Å². The topological polar surface area (TPSA) is 460 Å². The number of carbonyl (C=O) groups is 4. The van der Waals surface area contributed by atoms with E-state index in [4.69, 9.17) is 66.1 Å². The molecule has 2 aliphatic rings. The number of alkyl carbamates (subject to hydrolysis) is 1. The summed E-state index contributed by atoms with van der Waals surface area (Å²) in [6.07, 6.45) is -46.6. The Morgan fingerprint density at radius 2 is 0.662 bits per heavy atom. The summed E-state index contributed by atoms with van der Waals surface area (Å²) in [5.41, 5.74) is 30.1. The third-order valence-corrected chi connectivity index (χ3v) is 16.4. The SMILES string of the molecule is C.C.C.C.C.C.C.C.C.C.C.C.C.C.C.C.C.C.C.C.C.C.CC(C)(C)O[C@@H]([C@@H](N)CO)C(F)(F)F.CC(C)(C)O[C@@H]([C@H](CO)N=[N+]=[N-])C(F)(F)F.CC(C)(C)O[C@@H]([C@H](CO)NC(=O)OCC1c2ccccc2-c2ccccc21)C(F)(F)F.CC(C)(C)O[C@@H]([C@H](COC(=O)c1ccccc1)N=[N+]=[N-])C(F)(F)F.O=C(OC[C@H]1OS(=O)(=O)O[C@@H]1C(F)(F)F)c1ccccc1.[N-]=[N+]=N[C@@H](COC(=O)c1ccccc1)[C@H](O)C(F)(F)F. The summed E-state index contributed by atoms with van der Waals surface area (Å²) in [6.45, 7) is 12.3. The number of azide groups is 3. The zero-order valence-electron chi connectivity index (χ0n) is 68.9. The van der Waals surface area contributed by atoms with Crippen LogP contribution in [-0.2, 0) is 56.7 Å². The predicted octanol–water partition coefficient (Wildman–Crippen LogP) is 30.2. The number of fused-ring (bicyclic) bond motifs is 3. The Kier molecular flexibility index (Phi) is 106. The summed E-state index contributed by atoms with van der Waals surface area (Å²) in [5, 5.41) is 46.7. The number of ether oxygens (including phenoxy) is 8. The van der Waals surface area contributed by atoms with Gasteiger partial charge in [-0.3, -0.25) is 0 Å². The van der Waals surface area contributed by atoms with E-state index in [1.54, 1.807) is 42.5 Å². The van der Waals surface area contributed by atoms with Crippen LogP contribution in [0, 0.1) is 0 Å². The normalized spacial score (nSPS) is 14.5. The maximum Gasteiger partial charge on any atom is 0.418 e. The number of aliphatic hydroxyl groups excluding tert-OH is 4. The largest absolute Gasteiger partial charge is 0.462 e. The van der Waals surface area contributed by atoms with Gasteiger partial charge in [-0.15, -0.1) is 0 Å². The van der Waals surface area contributed by atoms with E-state index in [-0.39, 0.29) is 193 Å². The van der Waals surface area contributed by atoms with Crippen molar-refractivity contribution in [3.63, 3.8) is 0 Å². The van der Waals surface area contributed by atoms with Crippen molar-refractivity contribution in [1.29, 1.82) is 0 Å². The van der Waals surface area contributed by atoms with E-state index in [0.29, 0.717) is 0 Å². The van der Waals surface area contributed by atoms with E-state index in [9.17, 15) is 112 Å². The van der Waals surface area contributed by atoms with Crippen molar-refractivity contribution in [3.8, 4) is 11.1 Å². The van der Waals surface area contributed by atoms with E-state index in [0.717, 1.165) is 22.3 Å². The second-order valence-corrected chi connectivity index (χ2v) is 31.6. The molecule has 7 N–H and O–H groups in total. The molecule has 880 valence electrons. The first-order valence-electron chi connectivity index (χ1n) is 36.7. The number of rotatable bonds is 27. The summed E-state index contributed by atoms with van der Waals surface area (Å²) in [4.78, 5) is 54.1. The molecule has 5 aromatic rings. The van der Waals surface area contributed by atoms with Gasteiger partial charge in [0.25, 0.3) is 0 Å². The van der Waals surface area contributed by atoms with Gasteiger partial charge >= 0.3 is 71.5 Å². The zero-order chi connectivity index (χ0) is 96.6. The Morgan fingerprint density at radius 3 is 0.953 bits per heavy atom. The highest BCUT2D eigenvalue weighted by atomic mass is 32.3. The molecule has 1 amide bonds. The second-order valence-electron chi connectivity index (χ2n) is 30.4. The van der Waals surface area contributed by atoms with Crippen molar-refractivity contribution < 1.29 is 173 Å². The van der Waals surface area contributed by atoms with Crippen molar-refractivity contribution >= 4 is 34.4 Å². The lowest BCUT2D eigenvalue weighted by atomic mass is 9.98. The Bertz CT molecular complexity index is 4440. The molecule has 148 heavy (non-hydrogen) atoms. The molecule has 1 fully saturated rings. The molecule has 0 spiro atoms. The minimum absolute atomic E-state index is 0. The fourth-order valence-corrected chi connectivity index (χ4v) is 11.3. The average molecular weight is 2210 g/mol. The highest BCUT2D eigenvalue weighted by molar-refractivity contribution is 7.82. The smallest absolute Gasteiger partial charge is 0.418 e. The summed E-state index contributed by atoms with van der Waals surface area (Å²) in [6, 6.07) is 29.8. The lowest BCUT2D eigenvalue weighted by Crippen LogP contribution is -2.55. The van der Waals surface area contributed by atoms with E-state index < -0.39 is 206 Å². The summed E-state index contributed by atoms with van der Waals surface area (Å²) in [5.74, 6) is -2.82. The third-order valence-electron chi connectivity index (χ3n) is 15.5. The van der Waals surface area contributed by atoms with Crippen molar-refractivity contribution in [2.45, 2.75) is 385 Å². The number of esters is 3. The first-order chi connectivity index (χ1) is 57.8. The van der Waals surface area contributed by atoms with Crippen LogP contribution in [0.2, 0.25) is 0 Å². The Balaban J connectivity index is -0.0000000679. The third kappa shape index (κ3) is 69.4. The summed E-state index contributed by atoms with van der Waals surface area (Å²) >= 11 is 0. The summed E-state index contributed by atoms with van der Waals surface area (Å²) in [7, 11) is -4.75. The highest BCUT2D eigenvalue weighted by Crippen LogP contribution is 2.45. The summed E-state index contributed by atoms with van der Waals surface area (Å²) < 4.78 is 298. The standard InChI is InChI=1S/C23H26F3NO4.C15H18F3N3O3.C11H10F3N3O3.C11H9F3O6S.C8H14F3N3O2.C8H16F3NO2.22CH4/c1-22(2,3)31-20(23(24,25)26)19(12-28)27-21(29)30-13-18-16-10-6-4-8-14(16)15-9-5-7-11-17(15)18;1-14(2,3)24-12(15(16,17)18)11(20-21-19)9-23-13(22)10-7-5-4-6-8-10;12-11(13,14)9(18)8(16-17-15)6-20-10(19)7-4-2-1-3-5-7;12-11(13,14)9-8(19-21(16,17)20-9)6-18-10(15)7-4-2-1-3-5-7;1-7(2,3)16-6(8(9,10)11)5(4-15)13-14-12;1-7(2,3)14-6(5(12)4-13)8(9,10)11;;;;;;;;;;;;;;;;;;;;;;/h4-11,18-20,28H,12-13H2,1-3H3,(H,27,29);4-8,11-12H,9H2,1-3H3;1-5,8-9,18H,6H2;1-5,8-9H,6H2;5-6,15H,4H2,1-3H3;5-6,13H,4,12H2,1-3H3;22*1H4/t19-,20-;11-,12-;8-,9-;8-,9+;2*5-,6-;;;;;;;;;;;;;;;;;;;;;;/m000100....................../s1. The molecular formula is C98H181F18N11O20S. The Hall–Kier alpha value is -10.0. The molecule has 0 saturated carbocycles. The number of nitrogens with zero attached hydrogens (tertiary/aromatic N) is 9. The minimum Gasteiger partial charge on any atom is -0.462 e. The van der Waals surface area contributed by atoms with E-state index in [1.165, 1.54) is 132 Å². The van der Waals surface area contributed by atoms with Gasteiger partial charge in [-0.2, -0.15) is 87.4 Å². The van der Waals surface area contributed by atoms with Crippen LogP contribution in [0.5, 0.6) is 0 Å². The van der Waals surface area contributed by atoms with Crippen LogP contribution in [0.25, 0.3) is 42.5 Å². The van der Waals surface area contributed by atoms with Crippen molar-refractivity contribution in [2.75, 3.05) is 46.2 Å². The first-order valence-corrected chi connectivity index (χ1v) is 38.0. The van der Waals surface area contributed by atoms with Gasteiger partial charge in [0.15, 0.2) is 30.5 Å². The average Bonchev–Trinajstić information content (AvgIpc) is 2.40. The monoisotopic (exact) mass is 2210 g/mol. The molecule has 5 aromatic carbocycles. The minimum atomic E-state index is -4.97. The van der Waals surface area contributed by atoms with Crippen LogP contribution in [0.4, 0.5) is 83.8 Å². The molecule has 1 heterocycles. The van der Waals surface area contributed by atoms with E-state index in [2.05, 4.69) is 53.2 Å². The molecule has 0 unspecified atom stereocenters. The van der Waals surface area contributed by atoms with Gasteiger partial charge in [0, 0.05) is 20.7 Å². The molecule has 1 aliphatic carbocycles. The molecule has 31 nitrogen and oxygen atoms in total. The van der Waals surface area contributed by atoms with Gasteiger partial charge in [0.05, 0.1) is 77.0 Å². The Labute approximate surface area is 871 Å². The maximum atomic E-state index is 13.5. The van der Waals surface area contributed by atoms with Gasteiger partial charge in [-0.05, 0) is 158 Å². The first kappa shape index (κ1) is 189. The number of nitrogens with two attached hydrogens (primary N) is 1. The lowest BCUT2D eigenvalue weighted by Gasteiger charge is -2.33. The zero-order valence-corrected chi connectivity index (χ0v) is 69.7. The Morgan fingerprint density at radius 1 is 0.378 bits per heavy atom. The number of hydrogen-bond acceptors (Lipinski definition) is 24. The number of halogens is 18. The molecule has 0 radical (unpaired) electrons. The van der Waals surface area contributed by atoms with E-state index >= 15 is 0 Å². The van der Waals surface area contributed by atoms with Crippen molar-refractivity contribution in [2.24, 2.45) is 21.1 Å². The van der Waals surface area contributed by atoms with Crippen LogP contribution < -0.4 is 11.1 Å². The second kappa shape index (κ2) is 82.7. The lowest BCUT2D eigenvalue weighted by molar-refractivity contribution is -0.255. The fourth-order valence-electron chi connectivity index (χ4n) is 10.4. The quantitative estimate of drug-likeness (QED) is 0.00710. The predicted molar refractivity (Wildman–Crippen MR) is 558 cm³/mol. The number of hydrogen-bond donors (Lipinski definition) is 6. The maximum absolute atomic E-state index is 13.5. The van der Waals surface area contributed by atoms with Crippen LogP contribution in [0.15, 0.2) is 155 Å². The van der Waals surface area contributed by atoms with Gasteiger partial charge in [-0.25, -0.2) is 27.5 Å².